The van der Waals surface area contributed by atoms with Gasteiger partial charge in [-0.1, -0.05) is 30.3 Å². The van der Waals surface area contributed by atoms with Gasteiger partial charge in [-0.15, -0.1) is 0 Å². The predicted molar refractivity (Wildman–Crippen MR) is 69.5 cm³/mol. The lowest BCUT2D eigenvalue weighted by Crippen LogP contribution is -2.28. The summed E-state index contributed by atoms with van der Waals surface area (Å²) in [4.78, 5) is 2.37. The van der Waals surface area contributed by atoms with Crippen LogP contribution in [0.1, 0.15) is 24.8 Å². The zero-order valence-corrected chi connectivity index (χ0v) is 10.5. The fourth-order valence-corrected chi connectivity index (χ4v) is 2.35. The number of hydrogen-bond acceptors (Lipinski definition) is 2. The SMILES string of the molecule is CN(CCc1ccccc1)CC1(CC#N)CC1. The molecule has 90 valence electrons. The van der Waals surface area contributed by atoms with Gasteiger partial charge in [0.25, 0.3) is 0 Å². The fraction of sp³-hybridized carbons (Fsp3) is 0.533. The van der Waals surface area contributed by atoms with Gasteiger partial charge in [0.05, 0.1) is 6.07 Å². The monoisotopic (exact) mass is 228 g/mol. The maximum atomic E-state index is 8.79. The molecule has 0 radical (unpaired) electrons. The van der Waals surface area contributed by atoms with Gasteiger partial charge < -0.3 is 4.90 Å². The van der Waals surface area contributed by atoms with Gasteiger partial charge in [-0.3, -0.25) is 0 Å². The second kappa shape index (κ2) is 5.33. The molecule has 1 aliphatic carbocycles. The third kappa shape index (κ3) is 3.57. The van der Waals surface area contributed by atoms with E-state index in [2.05, 4.69) is 48.3 Å². The normalized spacial score (nSPS) is 16.8. The predicted octanol–water partition coefficient (Wildman–Crippen LogP) is 2.85. The molecule has 2 nitrogen and oxygen atoms in total. The number of benzene rings is 1. The molecule has 0 amide bonds. The lowest BCUT2D eigenvalue weighted by atomic mass is 10.0. The molecule has 0 bridgehead atoms. The number of nitrogens with zero attached hydrogens (tertiary/aromatic N) is 2. The van der Waals surface area contributed by atoms with E-state index >= 15 is 0 Å². The Bertz CT molecular complexity index is 387. The van der Waals surface area contributed by atoms with E-state index in [0.717, 1.165) is 25.9 Å². The van der Waals surface area contributed by atoms with Crippen LogP contribution >= 0.6 is 0 Å². The zero-order valence-electron chi connectivity index (χ0n) is 10.5. The highest BCUT2D eigenvalue weighted by Crippen LogP contribution is 2.48. The molecular weight excluding hydrogens is 208 g/mol. The van der Waals surface area contributed by atoms with E-state index in [0.29, 0.717) is 5.41 Å². The average Bonchev–Trinajstić information content (AvgIpc) is 3.08. The van der Waals surface area contributed by atoms with Crippen LogP contribution in [0, 0.1) is 16.7 Å². The molecule has 0 spiro atoms. The molecule has 0 N–H and O–H groups in total. The highest BCUT2D eigenvalue weighted by Gasteiger charge is 2.42. The lowest BCUT2D eigenvalue weighted by Gasteiger charge is -2.21. The largest absolute Gasteiger partial charge is 0.305 e. The molecular formula is C15H20N2. The van der Waals surface area contributed by atoms with Crippen molar-refractivity contribution in [2.45, 2.75) is 25.7 Å². The van der Waals surface area contributed by atoms with Crippen LogP contribution in [0.25, 0.3) is 0 Å². The Kier molecular flexibility index (Phi) is 3.81. The van der Waals surface area contributed by atoms with Gasteiger partial charge >= 0.3 is 0 Å². The van der Waals surface area contributed by atoms with Crippen molar-refractivity contribution in [3.8, 4) is 6.07 Å². The van der Waals surface area contributed by atoms with Crippen molar-refractivity contribution in [2.24, 2.45) is 5.41 Å². The smallest absolute Gasteiger partial charge is 0.0628 e. The summed E-state index contributed by atoms with van der Waals surface area (Å²) < 4.78 is 0. The van der Waals surface area contributed by atoms with Crippen LogP contribution in [-0.4, -0.2) is 25.0 Å². The third-order valence-corrected chi connectivity index (χ3v) is 3.64. The van der Waals surface area contributed by atoms with Crippen molar-refractivity contribution >= 4 is 0 Å². The molecule has 1 saturated carbocycles. The van der Waals surface area contributed by atoms with Gasteiger partial charge in [-0.05, 0) is 37.3 Å². The van der Waals surface area contributed by atoms with Crippen LogP contribution in [0.4, 0.5) is 0 Å². The summed E-state index contributed by atoms with van der Waals surface area (Å²) in [5, 5.41) is 8.79. The quantitative estimate of drug-likeness (QED) is 0.748. The Hall–Kier alpha value is -1.33. The minimum atomic E-state index is 0.334. The van der Waals surface area contributed by atoms with Crippen LogP contribution in [0.5, 0.6) is 0 Å². The van der Waals surface area contributed by atoms with Crippen molar-refractivity contribution in [1.82, 2.24) is 4.90 Å². The van der Waals surface area contributed by atoms with E-state index in [9.17, 15) is 0 Å². The second-order valence-corrected chi connectivity index (χ2v) is 5.31. The van der Waals surface area contributed by atoms with E-state index in [4.69, 9.17) is 5.26 Å². The van der Waals surface area contributed by atoms with E-state index in [1.165, 1.54) is 18.4 Å². The minimum Gasteiger partial charge on any atom is -0.305 e. The van der Waals surface area contributed by atoms with E-state index < -0.39 is 0 Å². The highest BCUT2D eigenvalue weighted by molar-refractivity contribution is 5.14. The van der Waals surface area contributed by atoms with E-state index in [-0.39, 0.29) is 0 Å². The Balaban J connectivity index is 1.75. The van der Waals surface area contributed by atoms with Crippen molar-refractivity contribution in [3.05, 3.63) is 35.9 Å². The van der Waals surface area contributed by atoms with Crippen LogP contribution < -0.4 is 0 Å². The van der Waals surface area contributed by atoms with E-state index in [1.54, 1.807) is 0 Å². The Morgan fingerprint density at radius 2 is 2.00 bits per heavy atom. The van der Waals surface area contributed by atoms with Crippen molar-refractivity contribution < 1.29 is 0 Å². The minimum absolute atomic E-state index is 0.334. The standard InChI is InChI=1S/C15H20N2/c1-17(13-15(8-9-15)10-11-16)12-7-14-5-3-2-4-6-14/h2-6H,7-10,12-13H2,1H3. The Labute approximate surface area is 104 Å². The molecule has 0 aromatic heterocycles. The Morgan fingerprint density at radius 1 is 1.29 bits per heavy atom. The summed E-state index contributed by atoms with van der Waals surface area (Å²) in [6, 6.07) is 12.9. The average molecular weight is 228 g/mol. The summed E-state index contributed by atoms with van der Waals surface area (Å²) in [6.07, 6.45) is 4.29. The molecule has 0 saturated heterocycles. The number of hydrogen-bond donors (Lipinski definition) is 0. The molecule has 0 unspecified atom stereocenters. The van der Waals surface area contributed by atoms with Crippen molar-refractivity contribution in [2.75, 3.05) is 20.1 Å². The van der Waals surface area contributed by atoms with Gasteiger partial charge in [0.15, 0.2) is 0 Å². The summed E-state index contributed by atoms with van der Waals surface area (Å²) >= 11 is 0. The van der Waals surface area contributed by atoms with Crippen molar-refractivity contribution in [3.63, 3.8) is 0 Å². The first kappa shape index (κ1) is 12.1. The lowest BCUT2D eigenvalue weighted by molar-refractivity contribution is 0.267. The molecule has 17 heavy (non-hydrogen) atoms. The first-order chi connectivity index (χ1) is 8.24. The summed E-state index contributed by atoms with van der Waals surface area (Å²) in [5.41, 5.74) is 1.73. The number of likely N-dealkylation sites (N-methyl/N-ethyl adjacent to an activating group) is 1. The zero-order chi connectivity index (χ0) is 12.1. The molecule has 1 aromatic rings. The van der Waals surface area contributed by atoms with Gasteiger partial charge in [0, 0.05) is 19.5 Å². The second-order valence-electron chi connectivity index (χ2n) is 5.31. The van der Waals surface area contributed by atoms with Gasteiger partial charge in [0.2, 0.25) is 0 Å². The maximum Gasteiger partial charge on any atom is 0.0628 e. The van der Waals surface area contributed by atoms with Gasteiger partial charge in [-0.25, -0.2) is 0 Å². The number of rotatable bonds is 6. The number of nitriles is 1. The molecule has 2 rings (SSSR count). The molecule has 1 aromatic carbocycles. The van der Waals surface area contributed by atoms with Crippen LogP contribution in [0.2, 0.25) is 0 Å². The molecule has 1 aliphatic rings. The van der Waals surface area contributed by atoms with Crippen LogP contribution in [0.3, 0.4) is 0 Å². The third-order valence-electron chi connectivity index (χ3n) is 3.64. The first-order valence-corrected chi connectivity index (χ1v) is 6.34. The summed E-state index contributed by atoms with van der Waals surface area (Å²) in [5.74, 6) is 0. The van der Waals surface area contributed by atoms with Gasteiger partial charge in [0.1, 0.15) is 0 Å². The summed E-state index contributed by atoms with van der Waals surface area (Å²) in [6.45, 7) is 2.16. The van der Waals surface area contributed by atoms with Crippen molar-refractivity contribution in [1.29, 1.82) is 5.26 Å². The molecule has 0 atom stereocenters. The summed E-state index contributed by atoms with van der Waals surface area (Å²) in [7, 11) is 2.17. The Morgan fingerprint density at radius 3 is 2.59 bits per heavy atom. The fourth-order valence-electron chi connectivity index (χ4n) is 2.35. The van der Waals surface area contributed by atoms with E-state index in [1.807, 2.05) is 0 Å². The van der Waals surface area contributed by atoms with Crippen LogP contribution in [0.15, 0.2) is 30.3 Å². The topological polar surface area (TPSA) is 27.0 Å². The highest BCUT2D eigenvalue weighted by atomic mass is 15.1. The van der Waals surface area contributed by atoms with Crippen LogP contribution in [-0.2, 0) is 6.42 Å². The van der Waals surface area contributed by atoms with Gasteiger partial charge in [-0.2, -0.15) is 5.26 Å². The molecule has 2 heteroatoms. The molecule has 1 fully saturated rings. The molecule has 0 heterocycles. The molecule has 0 aliphatic heterocycles. The first-order valence-electron chi connectivity index (χ1n) is 6.34. The maximum absolute atomic E-state index is 8.79.